The van der Waals surface area contributed by atoms with E-state index >= 15 is 0 Å². The van der Waals surface area contributed by atoms with Crippen LogP contribution in [-0.2, 0) is 14.8 Å². The second-order valence-electron chi connectivity index (χ2n) is 6.77. The van der Waals surface area contributed by atoms with Gasteiger partial charge in [0.2, 0.25) is 15.9 Å². The molecule has 2 aliphatic heterocycles. The van der Waals surface area contributed by atoms with E-state index in [1.165, 1.54) is 4.31 Å². The summed E-state index contributed by atoms with van der Waals surface area (Å²) in [5, 5.41) is 6.08. The van der Waals surface area contributed by atoms with E-state index in [9.17, 15) is 13.2 Å². The summed E-state index contributed by atoms with van der Waals surface area (Å²) in [7, 11) is -1.54. The fraction of sp³-hybridized carbons (Fsp3) is 0.588. The van der Waals surface area contributed by atoms with Crippen LogP contribution in [0.4, 0.5) is 5.69 Å². The summed E-state index contributed by atoms with van der Waals surface area (Å²) >= 11 is 0. The molecule has 2 aliphatic rings. The number of halogens is 2. The van der Waals surface area contributed by atoms with Crippen LogP contribution in [-0.4, -0.2) is 69.8 Å². The second kappa shape index (κ2) is 10.6. The van der Waals surface area contributed by atoms with Crippen molar-refractivity contribution < 1.29 is 13.2 Å². The van der Waals surface area contributed by atoms with Gasteiger partial charge in [-0.2, -0.15) is 4.31 Å². The Labute approximate surface area is 173 Å². The van der Waals surface area contributed by atoms with E-state index in [1.54, 1.807) is 24.3 Å². The van der Waals surface area contributed by atoms with E-state index in [0.717, 1.165) is 32.5 Å². The molecule has 1 aromatic carbocycles. The highest BCUT2D eigenvalue weighted by atomic mass is 35.5. The Morgan fingerprint density at radius 1 is 1.19 bits per heavy atom. The fourth-order valence-electron chi connectivity index (χ4n) is 3.23. The van der Waals surface area contributed by atoms with Crippen molar-refractivity contribution in [3.63, 3.8) is 0 Å². The van der Waals surface area contributed by atoms with Crippen LogP contribution < -0.4 is 10.6 Å². The van der Waals surface area contributed by atoms with Crippen molar-refractivity contribution in [3.8, 4) is 0 Å². The van der Waals surface area contributed by atoms with Gasteiger partial charge in [-0.25, -0.2) is 8.42 Å². The molecular weight excluding hydrogens is 411 g/mol. The van der Waals surface area contributed by atoms with E-state index in [0.29, 0.717) is 25.3 Å². The first-order chi connectivity index (χ1) is 12.0. The predicted octanol–water partition coefficient (Wildman–Crippen LogP) is 1.40. The van der Waals surface area contributed by atoms with Crippen LogP contribution in [0, 0.1) is 5.92 Å². The molecule has 2 fully saturated rings. The standard InChI is InChI=1S/C17H26N4O3S.2ClH/c1-20-8-10-21(11-9-20)25(23,24)16-6-2-5-15(12-16)19-17(22)14-4-3-7-18-13-14;;/h2,5-6,12,14,18H,3-4,7-11,13H2,1H3,(H,19,22);2*1H. The largest absolute Gasteiger partial charge is 0.326 e. The lowest BCUT2D eigenvalue weighted by atomic mass is 9.99. The Balaban J connectivity index is 0.00000182. The third-order valence-corrected chi connectivity index (χ3v) is 6.76. The van der Waals surface area contributed by atoms with Crippen molar-refractivity contribution in [1.82, 2.24) is 14.5 Å². The minimum Gasteiger partial charge on any atom is -0.326 e. The number of piperidine rings is 1. The van der Waals surface area contributed by atoms with Gasteiger partial charge in [0.1, 0.15) is 0 Å². The first-order valence-corrected chi connectivity index (χ1v) is 10.2. The maximum Gasteiger partial charge on any atom is 0.243 e. The van der Waals surface area contributed by atoms with Crippen LogP contribution in [0.3, 0.4) is 0 Å². The maximum atomic E-state index is 12.8. The van der Waals surface area contributed by atoms with E-state index in [-0.39, 0.29) is 41.5 Å². The summed E-state index contributed by atoms with van der Waals surface area (Å²) in [4.78, 5) is 14.7. The lowest BCUT2D eigenvalue weighted by molar-refractivity contribution is -0.120. The van der Waals surface area contributed by atoms with Crippen molar-refractivity contribution in [1.29, 1.82) is 0 Å². The van der Waals surface area contributed by atoms with Gasteiger partial charge < -0.3 is 15.5 Å². The quantitative estimate of drug-likeness (QED) is 0.742. The molecule has 2 N–H and O–H groups in total. The van der Waals surface area contributed by atoms with Crippen molar-refractivity contribution in [2.24, 2.45) is 5.92 Å². The lowest BCUT2D eigenvalue weighted by Gasteiger charge is -2.31. The molecule has 154 valence electrons. The Kier molecular flexibility index (Phi) is 9.47. The zero-order chi connectivity index (χ0) is 17.9. The van der Waals surface area contributed by atoms with Gasteiger partial charge in [0.15, 0.2) is 0 Å². The molecular formula is C17H28Cl2N4O3S. The number of anilines is 1. The topological polar surface area (TPSA) is 81.8 Å². The van der Waals surface area contributed by atoms with Gasteiger partial charge in [0, 0.05) is 38.4 Å². The van der Waals surface area contributed by atoms with Crippen LogP contribution in [0.2, 0.25) is 0 Å². The van der Waals surface area contributed by atoms with Crippen LogP contribution in [0.5, 0.6) is 0 Å². The summed E-state index contributed by atoms with van der Waals surface area (Å²) in [5.74, 6) is -0.118. The van der Waals surface area contributed by atoms with Crippen LogP contribution in [0.1, 0.15) is 12.8 Å². The van der Waals surface area contributed by atoms with Gasteiger partial charge in [-0.3, -0.25) is 4.79 Å². The normalized spacial score (nSPS) is 21.6. The molecule has 10 heteroatoms. The number of nitrogens with zero attached hydrogens (tertiary/aromatic N) is 2. The van der Waals surface area contributed by atoms with E-state index in [4.69, 9.17) is 0 Å². The SMILES string of the molecule is CN1CCN(S(=O)(=O)c2cccc(NC(=O)C3CCCNC3)c2)CC1.Cl.Cl. The maximum absolute atomic E-state index is 12.8. The molecule has 1 unspecified atom stereocenters. The Hall–Kier alpha value is -0.900. The van der Waals surface area contributed by atoms with Crippen molar-refractivity contribution in [2.45, 2.75) is 17.7 Å². The van der Waals surface area contributed by atoms with Crippen LogP contribution in [0.25, 0.3) is 0 Å². The zero-order valence-electron chi connectivity index (χ0n) is 15.4. The number of benzene rings is 1. The molecule has 1 amide bonds. The van der Waals surface area contributed by atoms with Gasteiger partial charge in [0.25, 0.3) is 0 Å². The molecule has 3 rings (SSSR count). The zero-order valence-corrected chi connectivity index (χ0v) is 17.8. The molecule has 0 radical (unpaired) electrons. The lowest BCUT2D eigenvalue weighted by Crippen LogP contribution is -2.47. The van der Waals surface area contributed by atoms with Crippen LogP contribution >= 0.6 is 24.8 Å². The first-order valence-electron chi connectivity index (χ1n) is 8.77. The van der Waals surface area contributed by atoms with Crippen molar-refractivity contribution in [2.75, 3.05) is 51.6 Å². The number of carbonyl (C=O) groups excluding carboxylic acids is 1. The number of hydrogen-bond donors (Lipinski definition) is 2. The van der Waals surface area contributed by atoms with Gasteiger partial charge in [-0.1, -0.05) is 6.07 Å². The highest BCUT2D eigenvalue weighted by Gasteiger charge is 2.28. The molecule has 0 bridgehead atoms. The summed E-state index contributed by atoms with van der Waals surface area (Å²) < 4.78 is 27.1. The molecule has 2 heterocycles. The predicted molar refractivity (Wildman–Crippen MR) is 111 cm³/mol. The van der Waals surface area contributed by atoms with Gasteiger partial charge >= 0.3 is 0 Å². The minimum atomic E-state index is -3.53. The molecule has 0 aliphatic carbocycles. The number of likely N-dealkylation sites (N-methyl/N-ethyl adjacent to an activating group) is 1. The summed E-state index contributed by atoms with van der Waals surface area (Å²) in [6, 6.07) is 6.56. The number of rotatable bonds is 4. The average Bonchev–Trinajstić information content (AvgIpc) is 2.63. The van der Waals surface area contributed by atoms with E-state index in [2.05, 4.69) is 15.5 Å². The molecule has 2 saturated heterocycles. The average molecular weight is 439 g/mol. The van der Waals surface area contributed by atoms with Crippen molar-refractivity contribution in [3.05, 3.63) is 24.3 Å². The molecule has 7 nitrogen and oxygen atoms in total. The summed E-state index contributed by atoms with van der Waals surface area (Å²) in [6.07, 6.45) is 1.84. The highest BCUT2D eigenvalue weighted by molar-refractivity contribution is 7.89. The van der Waals surface area contributed by atoms with Crippen LogP contribution in [0.15, 0.2) is 29.2 Å². The molecule has 1 aromatic rings. The van der Waals surface area contributed by atoms with E-state index < -0.39 is 10.0 Å². The van der Waals surface area contributed by atoms with E-state index in [1.807, 2.05) is 7.05 Å². The van der Waals surface area contributed by atoms with Gasteiger partial charge in [-0.05, 0) is 44.6 Å². The van der Waals surface area contributed by atoms with Gasteiger partial charge in [-0.15, -0.1) is 24.8 Å². The fourth-order valence-corrected chi connectivity index (χ4v) is 4.70. The number of sulfonamides is 1. The number of hydrogen-bond acceptors (Lipinski definition) is 5. The number of nitrogens with one attached hydrogen (secondary N) is 2. The molecule has 27 heavy (non-hydrogen) atoms. The molecule has 1 atom stereocenters. The minimum absolute atomic E-state index is 0. The molecule has 0 saturated carbocycles. The van der Waals surface area contributed by atoms with Crippen molar-refractivity contribution >= 4 is 46.4 Å². The smallest absolute Gasteiger partial charge is 0.243 e. The third kappa shape index (κ3) is 6.04. The second-order valence-corrected chi connectivity index (χ2v) is 8.71. The third-order valence-electron chi connectivity index (χ3n) is 4.87. The van der Waals surface area contributed by atoms with Gasteiger partial charge in [0.05, 0.1) is 10.8 Å². The highest BCUT2D eigenvalue weighted by Crippen LogP contribution is 2.22. The summed E-state index contributed by atoms with van der Waals surface area (Å²) in [6.45, 7) is 4.05. The monoisotopic (exact) mass is 438 g/mol. The number of carbonyl (C=O) groups is 1. The first kappa shape index (κ1) is 24.1. The Morgan fingerprint density at radius 2 is 1.89 bits per heavy atom. The Bertz CT molecular complexity index is 719. The summed E-state index contributed by atoms with van der Waals surface area (Å²) in [5.41, 5.74) is 0.533. The number of piperazine rings is 1. The molecule has 0 spiro atoms. The Morgan fingerprint density at radius 3 is 2.52 bits per heavy atom. The molecule has 0 aromatic heterocycles. The number of amides is 1.